The molecule has 0 spiro atoms. The summed E-state index contributed by atoms with van der Waals surface area (Å²) in [4.78, 5) is 27.6. The predicted octanol–water partition coefficient (Wildman–Crippen LogP) is 7.97. The molecule has 45 heavy (non-hydrogen) atoms. The van der Waals surface area contributed by atoms with Crippen LogP contribution in [0.2, 0.25) is 0 Å². The molecule has 0 heterocycles. The summed E-state index contributed by atoms with van der Waals surface area (Å²) in [6.45, 7) is 0. The molecule has 11 heteroatoms. The van der Waals surface area contributed by atoms with Crippen LogP contribution in [-0.4, -0.2) is 30.5 Å². The van der Waals surface area contributed by atoms with Crippen LogP contribution in [0.1, 0.15) is 93.0 Å². The van der Waals surface area contributed by atoms with Gasteiger partial charge in [0.15, 0.2) is 0 Å². The lowest BCUT2D eigenvalue weighted by molar-refractivity contribution is -0.189. The molecular weight excluding hydrogens is 933 g/mol. The number of carbonyl (C=O) groups is 2. The molecule has 8 aliphatic rings. The van der Waals surface area contributed by atoms with E-state index in [1.165, 1.54) is 31.4 Å². The smallest absolute Gasteiger partial charge is 0.339 e. The second-order valence-electron chi connectivity index (χ2n) is 15.3. The summed E-state index contributed by atoms with van der Waals surface area (Å²) in [5.74, 6) is 1.86. The quantitative estimate of drug-likeness (QED) is 0.0951. The van der Waals surface area contributed by atoms with E-state index in [0.29, 0.717) is 53.9 Å². The van der Waals surface area contributed by atoms with Crippen molar-refractivity contribution in [3.8, 4) is 5.75 Å². The number of carbonyl (C=O) groups excluding carboxylic acids is 2. The van der Waals surface area contributed by atoms with Gasteiger partial charge in [-0.25, -0.2) is 13.2 Å². The van der Waals surface area contributed by atoms with Gasteiger partial charge in [-0.3, -0.25) is 4.79 Å². The molecule has 0 saturated heterocycles. The maximum absolute atomic E-state index is 14.2. The lowest BCUT2D eigenvalue weighted by Gasteiger charge is -2.59. The molecule has 2 atom stereocenters. The number of esters is 2. The van der Waals surface area contributed by atoms with Crippen LogP contribution in [0.5, 0.6) is 5.75 Å². The normalized spacial score (nSPS) is 37.6. The van der Waals surface area contributed by atoms with Gasteiger partial charge in [0.1, 0.15) is 21.5 Å². The summed E-state index contributed by atoms with van der Waals surface area (Å²) in [5.41, 5.74) is -0.709. The molecule has 8 saturated carbocycles. The van der Waals surface area contributed by atoms with Crippen LogP contribution in [0.15, 0.2) is 35.2 Å². The van der Waals surface area contributed by atoms with Crippen molar-refractivity contribution in [2.45, 2.75) is 93.0 Å². The van der Waals surface area contributed by atoms with Crippen LogP contribution in [0.4, 0.5) is 0 Å². The Morgan fingerprint density at radius 2 is 1.40 bits per heavy atom. The summed E-state index contributed by atoms with van der Waals surface area (Å²) in [7, 11) is -4.70. The van der Waals surface area contributed by atoms with Gasteiger partial charge in [-0.05, 0) is 209 Å². The molecule has 2 unspecified atom stereocenters. The molecule has 10 rings (SSSR count). The SMILES string of the molecule is O=C(OC12CC3CC(C1)CC(C(=O)Oc1ccc(S(=O)(=O)[O-])c(C45CC6CC(CC(C6)C4)C5)c1)(C3)C2)c1cc(I)cc(I)c1I. The maximum atomic E-state index is 14.2. The Hall–Kier alpha value is -0.520. The van der Waals surface area contributed by atoms with Crippen molar-refractivity contribution in [1.29, 1.82) is 0 Å². The van der Waals surface area contributed by atoms with Crippen molar-refractivity contribution >= 4 is 89.8 Å². The average Bonchev–Trinajstić information content (AvgIpc) is 2.92. The number of benzene rings is 2. The fraction of sp³-hybridized carbons (Fsp3) is 0.588. The van der Waals surface area contributed by atoms with Gasteiger partial charge in [-0.1, -0.05) is 0 Å². The van der Waals surface area contributed by atoms with Gasteiger partial charge in [-0.2, -0.15) is 0 Å². The zero-order valence-corrected chi connectivity index (χ0v) is 31.9. The van der Waals surface area contributed by atoms with Crippen molar-refractivity contribution in [3.05, 3.63) is 52.2 Å². The van der Waals surface area contributed by atoms with E-state index < -0.39 is 21.1 Å². The molecule has 2 aromatic rings. The fourth-order valence-electron chi connectivity index (χ4n) is 11.4. The third kappa shape index (κ3) is 5.51. The topological polar surface area (TPSA) is 110 Å². The number of hydrogen-bond acceptors (Lipinski definition) is 7. The Morgan fingerprint density at radius 1 is 0.800 bits per heavy atom. The predicted molar refractivity (Wildman–Crippen MR) is 190 cm³/mol. The van der Waals surface area contributed by atoms with E-state index in [2.05, 4.69) is 67.8 Å². The molecule has 8 fully saturated rings. The maximum Gasteiger partial charge on any atom is 0.339 e. The van der Waals surface area contributed by atoms with Crippen molar-refractivity contribution in [2.75, 3.05) is 0 Å². The van der Waals surface area contributed by atoms with E-state index >= 15 is 0 Å². The number of ether oxygens (including phenoxy) is 2. The molecule has 240 valence electrons. The van der Waals surface area contributed by atoms with Crippen LogP contribution in [0.3, 0.4) is 0 Å². The van der Waals surface area contributed by atoms with E-state index in [1.54, 1.807) is 6.07 Å². The minimum absolute atomic E-state index is 0.162. The molecule has 7 nitrogen and oxygen atoms in total. The number of halogens is 3. The highest BCUT2D eigenvalue weighted by molar-refractivity contribution is 14.1. The summed E-state index contributed by atoms with van der Waals surface area (Å²) in [6.07, 6.45) is 10.6. The van der Waals surface area contributed by atoms with E-state index in [4.69, 9.17) is 9.47 Å². The third-order valence-corrected chi connectivity index (χ3v) is 16.6. The minimum Gasteiger partial charge on any atom is -0.744 e. The Balaban J connectivity index is 1.09. The van der Waals surface area contributed by atoms with Crippen LogP contribution in [0.25, 0.3) is 0 Å². The zero-order valence-electron chi connectivity index (χ0n) is 24.7. The van der Waals surface area contributed by atoms with Gasteiger partial charge in [0, 0.05) is 17.1 Å². The molecular formula is C34H34I3O7S-. The van der Waals surface area contributed by atoms with Gasteiger partial charge in [0.2, 0.25) is 0 Å². The van der Waals surface area contributed by atoms with Crippen molar-refractivity contribution < 1.29 is 32.0 Å². The minimum atomic E-state index is -4.70. The molecule has 0 radical (unpaired) electrons. The number of rotatable bonds is 6. The van der Waals surface area contributed by atoms with Gasteiger partial charge < -0.3 is 14.0 Å². The molecule has 0 amide bonds. The Kier molecular flexibility index (Phi) is 7.75. The Bertz CT molecular complexity index is 1690. The highest BCUT2D eigenvalue weighted by Gasteiger charge is 2.63. The van der Waals surface area contributed by atoms with E-state index in [0.717, 1.165) is 49.2 Å². The third-order valence-electron chi connectivity index (χ3n) is 12.0. The monoisotopic (exact) mass is 967 g/mol. The first-order valence-corrected chi connectivity index (χ1v) is 20.6. The van der Waals surface area contributed by atoms with Gasteiger partial charge in [-0.15, -0.1) is 0 Å². The largest absolute Gasteiger partial charge is 0.744 e. The molecule has 2 aromatic carbocycles. The first-order chi connectivity index (χ1) is 21.2. The van der Waals surface area contributed by atoms with Crippen LogP contribution >= 0.6 is 67.8 Å². The molecule has 0 aliphatic heterocycles. The summed E-state index contributed by atoms with van der Waals surface area (Å²) in [6, 6.07) is 8.44. The van der Waals surface area contributed by atoms with Gasteiger partial charge in [0.25, 0.3) is 0 Å². The molecule has 8 bridgehead atoms. The van der Waals surface area contributed by atoms with Crippen LogP contribution < -0.4 is 4.74 Å². The second kappa shape index (κ2) is 11.0. The Labute approximate surface area is 304 Å². The lowest BCUT2D eigenvalue weighted by Crippen LogP contribution is -2.60. The number of hydrogen-bond donors (Lipinski definition) is 0. The molecule has 0 aromatic heterocycles. The second-order valence-corrected chi connectivity index (χ2v) is 20.1. The molecule has 0 N–H and O–H groups in total. The highest BCUT2D eigenvalue weighted by atomic mass is 127. The fourth-order valence-corrected chi connectivity index (χ4v) is 14.5. The summed E-state index contributed by atoms with van der Waals surface area (Å²) < 4.78 is 52.9. The highest BCUT2D eigenvalue weighted by Crippen LogP contribution is 2.64. The van der Waals surface area contributed by atoms with Crippen LogP contribution in [0, 0.1) is 45.7 Å². The van der Waals surface area contributed by atoms with Gasteiger partial charge in [0.05, 0.1) is 15.9 Å². The lowest BCUT2D eigenvalue weighted by atomic mass is 9.48. The standard InChI is InChI=1S/C34H35I3O7S/c35-23-7-25(29(37)27(36)8-23)30(38)44-34-15-21-6-22(16-34)14-33(13-21,17-34)31(39)43-24-1-2-28(45(40,41)42)26(9-24)32-10-18-3-19(11-32)5-20(4-18)12-32/h1-2,7-9,18-22H,3-6,10-17H2,(H,40,41,42)/p-1. The Morgan fingerprint density at radius 3 is 2.00 bits per heavy atom. The van der Waals surface area contributed by atoms with Crippen LogP contribution in [-0.2, 0) is 25.1 Å². The first-order valence-electron chi connectivity index (χ1n) is 15.9. The van der Waals surface area contributed by atoms with E-state index in [9.17, 15) is 22.6 Å². The average molecular weight is 967 g/mol. The van der Waals surface area contributed by atoms with E-state index in [-0.39, 0.29) is 34.1 Å². The summed E-state index contributed by atoms with van der Waals surface area (Å²) >= 11 is 6.65. The van der Waals surface area contributed by atoms with Crippen molar-refractivity contribution in [3.63, 3.8) is 0 Å². The van der Waals surface area contributed by atoms with Gasteiger partial charge >= 0.3 is 11.9 Å². The van der Waals surface area contributed by atoms with Crippen molar-refractivity contribution in [1.82, 2.24) is 0 Å². The van der Waals surface area contributed by atoms with Crippen molar-refractivity contribution in [2.24, 2.45) is 35.0 Å². The molecule has 8 aliphatic carbocycles. The first kappa shape index (κ1) is 31.7. The zero-order chi connectivity index (χ0) is 31.5. The summed E-state index contributed by atoms with van der Waals surface area (Å²) in [5, 5.41) is 0. The van der Waals surface area contributed by atoms with E-state index in [1.807, 2.05) is 12.1 Å².